The molecule has 0 atom stereocenters. The van der Waals surface area contributed by atoms with E-state index < -0.39 is 0 Å². The summed E-state index contributed by atoms with van der Waals surface area (Å²) in [7, 11) is 0. The van der Waals surface area contributed by atoms with Crippen molar-refractivity contribution in [1.82, 2.24) is 0 Å². The molecule has 1 aromatic rings. The maximum Gasteiger partial charge on any atom is 0.314 e. The second-order valence-electron chi connectivity index (χ2n) is 7.60. The minimum absolute atomic E-state index is 0.0210. The number of carbonyl (C=O) groups is 1. The third kappa shape index (κ3) is 9.09. The standard InChI is InChI=1S/C23H36O2/c24-23(25-22-19-15-12-16-20-22)21-17-13-10-8-6-4-2-1-3-5-7-9-11-14-18-21/h12,15-16,19-21H,1-11,13-14,17-18H2. The minimum Gasteiger partial charge on any atom is -0.426 e. The van der Waals surface area contributed by atoms with Gasteiger partial charge in [-0.3, -0.25) is 4.79 Å². The zero-order valence-electron chi connectivity index (χ0n) is 15.9. The van der Waals surface area contributed by atoms with Crippen molar-refractivity contribution in [1.29, 1.82) is 0 Å². The molecule has 1 aliphatic carbocycles. The van der Waals surface area contributed by atoms with Crippen LogP contribution < -0.4 is 4.74 Å². The largest absolute Gasteiger partial charge is 0.426 e. The maximum atomic E-state index is 12.6. The van der Waals surface area contributed by atoms with E-state index in [0.29, 0.717) is 5.75 Å². The molecule has 2 nitrogen and oxygen atoms in total. The zero-order valence-corrected chi connectivity index (χ0v) is 15.9. The first-order valence-electron chi connectivity index (χ1n) is 10.6. The first-order valence-corrected chi connectivity index (χ1v) is 10.6. The van der Waals surface area contributed by atoms with E-state index in [2.05, 4.69) is 0 Å². The van der Waals surface area contributed by atoms with Gasteiger partial charge in [0.2, 0.25) is 0 Å². The lowest BCUT2D eigenvalue weighted by Gasteiger charge is -2.16. The third-order valence-corrected chi connectivity index (χ3v) is 5.40. The van der Waals surface area contributed by atoms with Crippen LogP contribution in [0.15, 0.2) is 30.3 Å². The molecule has 1 aliphatic rings. The van der Waals surface area contributed by atoms with Gasteiger partial charge in [0.1, 0.15) is 5.75 Å². The van der Waals surface area contributed by atoms with E-state index in [1.165, 1.54) is 70.6 Å². The number of para-hydroxylation sites is 1. The Kier molecular flexibility index (Phi) is 10.4. The highest BCUT2D eigenvalue weighted by Gasteiger charge is 2.20. The van der Waals surface area contributed by atoms with Crippen molar-refractivity contribution in [3.8, 4) is 5.75 Å². The van der Waals surface area contributed by atoms with Gasteiger partial charge in [-0.25, -0.2) is 0 Å². The van der Waals surface area contributed by atoms with E-state index in [9.17, 15) is 4.79 Å². The molecular weight excluding hydrogens is 308 g/mol. The van der Waals surface area contributed by atoms with Crippen molar-refractivity contribution in [3.05, 3.63) is 30.3 Å². The lowest BCUT2D eigenvalue weighted by atomic mass is 9.93. The number of rotatable bonds is 2. The highest BCUT2D eigenvalue weighted by molar-refractivity contribution is 5.75. The van der Waals surface area contributed by atoms with Gasteiger partial charge in [-0.1, -0.05) is 102 Å². The van der Waals surface area contributed by atoms with Crippen LogP contribution in [0.2, 0.25) is 0 Å². The van der Waals surface area contributed by atoms with Crippen LogP contribution in [0.4, 0.5) is 0 Å². The zero-order chi connectivity index (χ0) is 17.6. The molecule has 0 saturated heterocycles. The van der Waals surface area contributed by atoms with Gasteiger partial charge < -0.3 is 4.74 Å². The second kappa shape index (κ2) is 13.0. The Hall–Kier alpha value is -1.31. The number of benzene rings is 1. The Morgan fingerprint density at radius 2 is 1.04 bits per heavy atom. The molecule has 1 saturated carbocycles. The van der Waals surface area contributed by atoms with E-state index in [1.54, 1.807) is 0 Å². The van der Waals surface area contributed by atoms with Crippen LogP contribution in [0.1, 0.15) is 96.3 Å². The summed E-state index contributed by atoms with van der Waals surface area (Å²) < 4.78 is 5.62. The normalized spacial score (nSPS) is 20.0. The van der Waals surface area contributed by atoms with Gasteiger partial charge in [-0.05, 0) is 25.0 Å². The Balaban J connectivity index is 1.81. The highest BCUT2D eigenvalue weighted by atomic mass is 16.5. The van der Waals surface area contributed by atoms with Crippen molar-refractivity contribution in [3.63, 3.8) is 0 Å². The first kappa shape index (κ1) is 20.0. The molecule has 0 radical (unpaired) electrons. The van der Waals surface area contributed by atoms with Gasteiger partial charge in [-0.15, -0.1) is 0 Å². The number of carbonyl (C=O) groups excluding carboxylic acids is 1. The smallest absolute Gasteiger partial charge is 0.314 e. The lowest BCUT2D eigenvalue weighted by Crippen LogP contribution is -2.20. The fourth-order valence-electron chi connectivity index (χ4n) is 3.79. The number of esters is 1. The van der Waals surface area contributed by atoms with Gasteiger partial charge in [-0.2, -0.15) is 0 Å². The average Bonchev–Trinajstić information content (AvgIpc) is 2.62. The Bertz CT molecular complexity index is 438. The van der Waals surface area contributed by atoms with Crippen LogP contribution >= 0.6 is 0 Å². The van der Waals surface area contributed by atoms with Crippen molar-refractivity contribution in [2.45, 2.75) is 96.3 Å². The maximum absolute atomic E-state index is 12.6. The fourth-order valence-corrected chi connectivity index (χ4v) is 3.79. The van der Waals surface area contributed by atoms with Crippen molar-refractivity contribution in [2.75, 3.05) is 0 Å². The molecule has 0 spiro atoms. The van der Waals surface area contributed by atoms with Gasteiger partial charge in [0, 0.05) is 0 Å². The summed E-state index contributed by atoms with van der Waals surface area (Å²) >= 11 is 0. The average molecular weight is 345 g/mol. The molecule has 0 N–H and O–H groups in total. The van der Waals surface area contributed by atoms with Crippen molar-refractivity contribution >= 4 is 5.97 Å². The molecule has 0 heterocycles. The Morgan fingerprint density at radius 1 is 0.640 bits per heavy atom. The van der Waals surface area contributed by atoms with Crippen LogP contribution in [0, 0.1) is 5.92 Å². The van der Waals surface area contributed by atoms with Crippen LogP contribution in [0.25, 0.3) is 0 Å². The van der Waals surface area contributed by atoms with Crippen molar-refractivity contribution < 1.29 is 9.53 Å². The lowest BCUT2D eigenvalue weighted by molar-refractivity contribution is -0.139. The van der Waals surface area contributed by atoms with E-state index in [1.807, 2.05) is 30.3 Å². The van der Waals surface area contributed by atoms with Crippen LogP contribution in [0.5, 0.6) is 5.75 Å². The predicted octanol–water partition coefficient (Wildman–Crippen LogP) is 7.07. The Labute approximate surface area is 154 Å². The molecule has 0 aliphatic heterocycles. The quantitative estimate of drug-likeness (QED) is 0.423. The monoisotopic (exact) mass is 344 g/mol. The predicted molar refractivity (Wildman–Crippen MR) is 105 cm³/mol. The summed E-state index contributed by atoms with van der Waals surface area (Å²) in [6.45, 7) is 0. The number of hydrogen-bond acceptors (Lipinski definition) is 2. The minimum atomic E-state index is -0.0210. The van der Waals surface area contributed by atoms with Gasteiger partial charge in [0.15, 0.2) is 0 Å². The van der Waals surface area contributed by atoms with E-state index >= 15 is 0 Å². The first-order chi connectivity index (χ1) is 12.4. The topological polar surface area (TPSA) is 26.3 Å². The molecule has 2 heteroatoms. The van der Waals surface area contributed by atoms with Crippen LogP contribution in [0.3, 0.4) is 0 Å². The molecule has 140 valence electrons. The molecule has 2 rings (SSSR count). The SMILES string of the molecule is O=C(Oc1ccccc1)C1CCCCCCCCCCCCCCC1. The van der Waals surface area contributed by atoms with Gasteiger partial charge in [0.25, 0.3) is 0 Å². The molecule has 1 fully saturated rings. The second-order valence-corrected chi connectivity index (χ2v) is 7.60. The summed E-state index contributed by atoms with van der Waals surface area (Å²) in [5, 5.41) is 0. The molecule has 25 heavy (non-hydrogen) atoms. The highest BCUT2D eigenvalue weighted by Crippen LogP contribution is 2.23. The molecular formula is C23H36O2. The van der Waals surface area contributed by atoms with Gasteiger partial charge in [0.05, 0.1) is 5.92 Å². The fraction of sp³-hybridized carbons (Fsp3) is 0.696. The van der Waals surface area contributed by atoms with Crippen LogP contribution in [-0.2, 0) is 4.79 Å². The molecule has 0 bridgehead atoms. The van der Waals surface area contributed by atoms with E-state index in [4.69, 9.17) is 4.74 Å². The number of ether oxygens (including phenoxy) is 1. The van der Waals surface area contributed by atoms with E-state index in [-0.39, 0.29) is 11.9 Å². The third-order valence-electron chi connectivity index (χ3n) is 5.40. The summed E-state index contributed by atoms with van der Waals surface area (Å²) in [5.74, 6) is 0.736. The molecule has 0 amide bonds. The molecule has 0 unspecified atom stereocenters. The summed E-state index contributed by atoms with van der Waals surface area (Å²) in [6, 6.07) is 9.52. The summed E-state index contributed by atoms with van der Waals surface area (Å²) in [5.41, 5.74) is 0. The summed E-state index contributed by atoms with van der Waals surface area (Å²) in [6.07, 6.45) is 19.2. The molecule has 0 aromatic heterocycles. The summed E-state index contributed by atoms with van der Waals surface area (Å²) in [4.78, 5) is 12.6. The Morgan fingerprint density at radius 3 is 1.48 bits per heavy atom. The van der Waals surface area contributed by atoms with Gasteiger partial charge >= 0.3 is 5.97 Å². The van der Waals surface area contributed by atoms with E-state index in [0.717, 1.165) is 25.7 Å². The molecule has 1 aromatic carbocycles. The van der Waals surface area contributed by atoms with Crippen molar-refractivity contribution in [2.24, 2.45) is 5.92 Å². The number of hydrogen-bond donors (Lipinski definition) is 0. The van der Waals surface area contributed by atoms with Crippen LogP contribution in [-0.4, -0.2) is 5.97 Å².